The van der Waals surface area contributed by atoms with Crippen molar-refractivity contribution in [1.29, 1.82) is 0 Å². The van der Waals surface area contributed by atoms with Crippen molar-refractivity contribution in [3.8, 4) is 0 Å². The molecule has 5 heteroatoms. The van der Waals surface area contributed by atoms with Crippen molar-refractivity contribution in [1.82, 2.24) is 9.97 Å². The van der Waals surface area contributed by atoms with Crippen molar-refractivity contribution < 1.29 is 5.11 Å². The summed E-state index contributed by atoms with van der Waals surface area (Å²) >= 11 is 5.94. The Balaban J connectivity index is 1.74. The van der Waals surface area contributed by atoms with Crippen molar-refractivity contribution in [2.75, 3.05) is 11.4 Å². The van der Waals surface area contributed by atoms with Crippen LogP contribution >= 0.6 is 11.6 Å². The van der Waals surface area contributed by atoms with E-state index >= 15 is 0 Å². The SMILES string of the molecule is Cc1cc(N2CC3CC4CC3C2C4O)nc(Cl)n1. The van der Waals surface area contributed by atoms with E-state index in [9.17, 15) is 5.11 Å². The maximum absolute atomic E-state index is 10.4. The summed E-state index contributed by atoms with van der Waals surface area (Å²) in [6, 6.07) is 2.22. The van der Waals surface area contributed by atoms with E-state index in [0.29, 0.717) is 17.1 Å². The molecule has 3 fully saturated rings. The van der Waals surface area contributed by atoms with E-state index in [1.54, 1.807) is 0 Å². The fraction of sp³-hybridized carbons (Fsp3) is 0.692. The lowest BCUT2D eigenvalue weighted by Gasteiger charge is -2.29. The van der Waals surface area contributed by atoms with Gasteiger partial charge in [0.1, 0.15) is 5.82 Å². The number of anilines is 1. The number of aromatic nitrogens is 2. The highest BCUT2D eigenvalue weighted by Gasteiger charge is 2.59. The minimum absolute atomic E-state index is 0.192. The minimum atomic E-state index is -0.192. The molecule has 1 saturated heterocycles. The first-order chi connectivity index (χ1) is 8.63. The van der Waals surface area contributed by atoms with E-state index in [0.717, 1.165) is 24.0 Å². The Morgan fingerprint density at radius 1 is 1.33 bits per heavy atom. The Kier molecular flexibility index (Phi) is 2.19. The van der Waals surface area contributed by atoms with Crippen LogP contribution in [-0.2, 0) is 0 Å². The average Bonchev–Trinajstić information content (AvgIpc) is 2.87. The summed E-state index contributed by atoms with van der Waals surface area (Å²) in [5, 5.41) is 10.7. The topological polar surface area (TPSA) is 49.2 Å². The first-order valence-corrected chi connectivity index (χ1v) is 6.97. The van der Waals surface area contributed by atoms with Crippen molar-refractivity contribution in [3.05, 3.63) is 17.0 Å². The second kappa shape index (κ2) is 3.58. The van der Waals surface area contributed by atoms with Crippen LogP contribution < -0.4 is 4.90 Å². The van der Waals surface area contributed by atoms with E-state index in [2.05, 4.69) is 14.9 Å². The molecule has 1 aromatic heterocycles. The normalized spacial score (nSPS) is 40.8. The molecule has 2 bridgehead atoms. The minimum Gasteiger partial charge on any atom is -0.391 e. The van der Waals surface area contributed by atoms with Gasteiger partial charge >= 0.3 is 0 Å². The first kappa shape index (κ1) is 11.0. The Morgan fingerprint density at radius 2 is 2.17 bits per heavy atom. The molecule has 96 valence electrons. The van der Waals surface area contributed by atoms with Crippen LogP contribution in [0.2, 0.25) is 5.28 Å². The lowest BCUT2D eigenvalue weighted by molar-refractivity contribution is 0.0965. The summed E-state index contributed by atoms with van der Waals surface area (Å²) in [5.41, 5.74) is 0.883. The van der Waals surface area contributed by atoms with Crippen LogP contribution in [0.25, 0.3) is 0 Å². The van der Waals surface area contributed by atoms with E-state index in [4.69, 9.17) is 11.6 Å². The van der Waals surface area contributed by atoms with Gasteiger partial charge in [-0.05, 0) is 49.1 Å². The molecular weight excluding hydrogens is 250 g/mol. The molecule has 2 aliphatic carbocycles. The monoisotopic (exact) mass is 265 g/mol. The van der Waals surface area contributed by atoms with Crippen molar-refractivity contribution in [2.45, 2.75) is 31.9 Å². The molecular formula is C13H16ClN3O. The van der Waals surface area contributed by atoms with Crippen LogP contribution in [0.1, 0.15) is 18.5 Å². The maximum Gasteiger partial charge on any atom is 0.224 e. The molecule has 5 atom stereocenters. The summed E-state index contributed by atoms with van der Waals surface area (Å²) in [5.74, 6) is 2.77. The van der Waals surface area contributed by atoms with Crippen molar-refractivity contribution >= 4 is 17.4 Å². The fourth-order valence-electron chi connectivity index (χ4n) is 4.34. The third-order valence-electron chi connectivity index (χ3n) is 4.96. The summed E-state index contributed by atoms with van der Waals surface area (Å²) in [6.07, 6.45) is 2.17. The smallest absolute Gasteiger partial charge is 0.224 e. The molecule has 18 heavy (non-hydrogen) atoms. The van der Waals surface area contributed by atoms with E-state index in [1.807, 2.05) is 13.0 Å². The highest BCUT2D eigenvalue weighted by Crippen LogP contribution is 2.55. The highest BCUT2D eigenvalue weighted by atomic mass is 35.5. The number of nitrogens with zero attached hydrogens (tertiary/aromatic N) is 3. The lowest BCUT2D eigenvalue weighted by Crippen LogP contribution is -2.41. The summed E-state index contributed by atoms with van der Waals surface area (Å²) in [6.45, 7) is 2.94. The van der Waals surface area contributed by atoms with E-state index < -0.39 is 0 Å². The number of aliphatic hydroxyl groups is 1. The van der Waals surface area contributed by atoms with Crippen LogP contribution in [-0.4, -0.2) is 33.8 Å². The molecule has 0 amide bonds. The Morgan fingerprint density at radius 3 is 2.89 bits per heavy atom. The number of fused-ring (bicyclic) bond motifs is 1. The van der Waals surface area contributed by atoms with Gasteiger partial charge in [0.05, 0.1) is 12.1 Å². The van der Waals surface area contributed by atoms with Gasteiger partial charge in [0, 0.05) is 18.3 Å². The zero-order valence-corrected chi connectivity index (χ0v) is 11.0. The quantitative estimate of drug-likeness (QED) is 0.785. The number of aliphatic hydroxyl groups excluding tert-OH is 1. The van der Waals surface area contributed by atoms with Crippen LogP contribution in [0, 0.1) is 24.7 Å². The molecule has 2 saturated carbocycles. The number of hydrogen-bond donors (Lipinski definition) is 1. The van der Waals surface area contributed by atoms with Crippen LogP contribution in [0.5, 0.6) is 0 Å². The molecule has 1 aliphatic heterocycles. The number of halogens is 1. The largest absolute Gasteiger partial charge is 0.391 e. The molecule has 5 unspecified atom stereocenters. The predicted octanol–water partition coefficient (Wildman–Crippen LogP) is 1.64. The Hall–Kier alpha value is -0.870. The van der Waals surface area contributed by atoms with Gasteiger partial charge in [-0.15, -0.1) is 0 Å². The van der Waals surface area contributed by atoms with Gasteiger partial charge in [-0.3, -0.25) is 0 Å². The molecule has 0 radical (unpaired) electrons. The molecule has 0 spiro atoms. The van der Waals surface area contributed by atoms with Gasteiger partial charge < -0.3 is 10.0 Å². The van der Waals surface area contributed by atoms with Crippen molar-refractivity contribution in [3.63, 3.8) is 0 Å². The van der Waals surface area contributed by atoms with Crippen molar-refractivity contribution in [2.24, 2.45) is 17.8 Å². The molecule has 0 aromatic carbocycles. The number of aryl methyl sites for hydroxylation is 1. The van der Waals surface area contributed by atoms with Gasteiger partial charge in [0.15, 0.2) is 0 Å². The zero-order valence-electron chi connectivity index (χ0n) is 10.3. The number of hydrogen-bond acceptors (Lipinski definition) is 4. The first-order valence-electron chi connectivity index (χ1n) is 6.59. The Bertz CT molecular complexity index is 487. The van der Waals surface area contributed by atoms with E-state index in [-0.39, 0.29) is 12.1 Å². The van der Waals surface area contributed by atoms with Crippen LogP contribution in [0.3, 0.4) is 0 Å². The molecule has 2 heterocycles. The third-order valence-corrected chi connectivity index (χ3v) is 5.13. The molecule has 1 aromatic rings. The average molecular weight is 266 g/mol. The molecule has 4 rings (SSSR count). The molecule has 4 nitrogen and oxygen atoms in total. The fourth-order valence-corrected chi connectivity index (χ4v) is 4.56. The van der Waals surface area contributed by atoms with Gasteiger partial charge in [0.25, 0.3) is 0 Å². The second-order valence-corrected chi connectivity index (χ2v) is 6.26. The number of rotatable bonds is 1. The predicted molar refractivity (Wildman–Crippen MR) is 68.6 cm³/mol. The molecule has 1 N–H and O–H groups in total. The van der Waals surface area contributed by atoms with Gasteiger partial charge in [-0.1, -0.05) is 0 Å². The van der Waals surface area contributed by atoms with Gasteiger partial charge in [0.2, 0.25) is 5.28 Å². The van der Waals surface area contributed by atoms with Crippen LogP contribution in [0.15, 0.2) is 6.07 Å². The maximum atomic E-state index is 10.4. The summed E-state index contributed by atoms with van der Waals surface area (Å²) < 4.78 is 0. The lowest BCUT2D eigenvalue weighted by atomic mass is 9.88. The second-order valence-electron chi connectivity index (χ2n) is 5.93. The van der Waals surface area contributed by atoms with Gasteiger partial charge in [-0.25, -0.2) is 9.97 Å². The van der Waals surface area contributed by atoms with Crippen LogP contribution in [0.4, 0.5) is 5.82 Å². The standard InChI is InChI=1S/C13H16ClN3O/c1-6-2-10(16-13(14)15-6)17-5-8-3-7-4-9(8)11(17)12(7)18/h2,7-9,11-12,18H,3-5H2,1H3. The highest BCUT2D eigenvalue weighted by molar-refractivity contribution is 6.28. The zero-order chi connectivity index (χ0) is 12.4. The summed E-state index contributed by atoms with van der Waals surface area (Å²) in [4.78, 5) is 10.7. The Labute approximate surface area is 111 Å². The van der Waals surface area contributed by atoms with E-state index in [1.165, 1.54) is 12.8 Å². The third kappa shape index (κ3) is 1.36. The summed E-state index contributed by atoms with van der Waals surface area (Å²) in [7, 11) is 0. The van der Waals surface area contributed by atoms with Gasteiger partial charge in [-0.2, -0.15) is 0 Å². The molecule has 3 aliphatic rings.